The summed E-state index contributed by atoms with van der Waals surface area (Å²) in [5, 5.41) is 7.40. The largest absolute Gasteiger partial charge is 0.298 e. The summed E-state index contributed by atoms with van der Waals surface area (Å²) in [6, 6.07) is 3.91. The smallest absolute Gasteiger partial charge is 0.260 e. The molecule has 21 heavy (non-hydrogen) atoms. The highest BCUT2D eigenvalue weighted by Gasteiger charge is 2.20. The van der Waals surface area contributed by atoms with Crippen molar-refractivity contribution in [2.24, 2.45) is 5.14 Å². The lowest BCUT2D eigenvalue weighted by Crippen LogP contribution is -2.13. The number of thiazole rings is 1. The number of hydrogen-bond donors (Lipinski definition) is 2. The molecule has 1 aromatic heterocycles. The second-order valence-corrected chi connectivity index (χ2v) is 7.69. The summed E-state index contributed by atoms with van der Waals surface area (Å²) >= 11 is 3.85. The molecule has 2 rings (SSSR count). The van der Waals surface area contributed by atoms with Crippen LogP contribution in [0.2, 0.25) is 0 Å². The van der Waals surface area contributed by atoms with Gasteiger partial charge in [0.2, 0.25) is 10.0 Å². The van der Waals surface area contributed by atoms with E-state index in [0.717, 1.165) is 6.07 Å². The SMILES string of the molecule is Cc1nc(NC(=O)c2cc(Br)ccc2F)sc1S(N)(=O)=O. The summed E-state index contributed by atoms with van der Waals surface area (Å²) < 4.78 is 36.6. The Morgan fingerprint density at radius 2 is 2.14 bits per heavy atom. The van der Waals surface area contributed by atoms with Gasteiger partial charge in [-0.2, -0.15) is 0 Å². The molecular weight excluding hydrogens is 385 g/mol. The lowest BCUT2D eigenvalue weighted by Gasteiger charge is -2.03. The predicted molar refractivity (Wildman–Crippen MR) is 80.3 cm³/mol. The van der Waals surface area contributed by atoms with Gasteiger partial charge in [-0.15, -0.1) is 0 Å². The Morgan fingerprint density at radius 3 is 2.71 bits per heavy atom. The monoisotopic (exact) mass is 393 g/mol. The third-order valence-electron chi connectivity index (χ3n) is 2.41. The highest BCUT2D eigenvalue weighted by molar-refractivity contribution is 9.10. The van der Waals surface area contributed by atoms with Gasteiger partial charge in [0.25, 0.3) is 5.91 Å². The van der Waals surface area contributed by atoms with E-state index >= 15 is 0 Å². The van der Waals surface area contributed by atoms with E-state index in [1.165, 1.54) is 19.1 Å². The van der Waals surface area contributed by atoms with Crippen molar-refractivity contribution in [3.8, 4) is 0 Å². The molecule has 0 bridgehead atoms. The average Bonchev–Trinajstić information content (AvgIpc) is 2.73. The summed E-state index contributed by atoms with van der Waals surface area (Å²) in [5.74, 6) is -1.43. The Labute approximate surface area is 132 Å². The maximum atomic E-state index is 13.6. The molecule has 2 aromatic rings. The number of carbonyl (C=O) groups excluding carboxylic acids is 1. The number of sulfonamides is 1. The standard InChI is InChI=1S/C11H9BrFN3O3S2/c1-5-10(21(14,18)19)20-11(15-5)16-9(17)7-4-6(12)2-3-8(7)13/h2-4H,1H3,(H2,14,18,19)(H,15,16,17). The first kappa shape index (κ1) is 16.0. The van der Waals surface area contributed by atoms with E-state index in [-0.39, 0.29) is 20.6 Å². The van der Waals surface area contributed by atoms with E-state index < -0.39 is 21.7 Å². The van der Waals surface area contributed by atoms with Gasteiger partial charge in [-0.25, -0.2) is 22.9 Å². The molecule has 112 valence electrons. The van der Waals surface area contributed by atoms with Gasteiger partial charge in [-0.1, -0.05) is 27.3 Å². The van der Waals surface area contributed by atoms with Crippen molar-refractivity contribution < 1.29 is 17.6 Å². The maximum Gasteiger partial charge on any atom is 0.260 e. The van der Waals surface area contributed by atoms with Gasteiger partial charge in [-0.3, -0.25) is 10.1 Å². The minimum atomic E-state index is -3.90. The van der Waals surface area contributed by atoms with E-state index in [0.29, 0.717) is 15.8 Å². The number of amides is 1. The summed E-state index contributed by atoms with van der Waals surface area (Å²) in [4.78, 5) is 15.9. The second kappa shape index (κ2) is 5.79. The molecule has 1 amide bonds. The van der Waals surface area contributed by atoms with Crippen LogP contribution in [0.15, 0.2) is 26.9 Å². The van der Waals surface area contributed by atoms with Crippen LogP contribution in [0, 0.1) is 12.7 Å². The number of rotatable bonds is 3. The average molecular weight is 394 g/mol. The molecule has 6 nitrogen and oxygen atoms in total. The zero-order valence-electron chi connectivity index (χ0n) is 10.6. The Morgan fingerprint density at radius 1 is 1.48 bits per heavy atom. The molecule has 0 radical (unpaired) electrons. The fourth-order valence-corrected chi connectivity index (χ4v) is 3.75. The van der Waals surface area contributed by atoms with Crippen LogP contribution in [0.3, 0.4) is 0 Å². The van der Waals surface area contributed by atoms with Crippen LogP contribution in [0.25, 0.3) is 0 Å². The molecule has 0 aliphatic rings. The number of nitrogens with zero attached hydrogens (tertiary/aromatic N) is 1. The molecular formula is C11H9BrFN3O3S2. The fourth-order valence-electron chi connectivity index (χ4n) is 1.54. The molecule has 0 spiro atoms. The first-order valence-corrected chi connectivity index (χ1v) is 8.60. The number of benzene rings is 1. The van der Waals surface area contributed by atoms with Crippen LogP contribution in [0.4, 0.5) is 9.52 Å². The number of aryl methyl sites for hydroxylation is 1. The van der Waals surface area contributed by atoms with Gasteiger partial charge >= 0.3 is 0 Å². The quantitative estimate of drug-likeness (QED) is 0.834. The van der Waals surface area contributed by atoms with Crippen LogP contribution in [-0.4, -0.2) is 19.3 Å². The van der Waals surface area contributed by atoms with Gasteiger partial charge in [-0.05, 0) is 25.1 Å². The molecule has 0 unspecified atom stereocenters. The van der Waals surface area contributed by atoms with E-state index in [9.17, 15) is 17.6 Å². The minimum absolute atomic E-state index is 0.0286. The van der Waals surface area contributed by atoms with E-state index in [1.54, 1.807) is 0 Å². The van der Waals surface area contributed by atoms with Crippen molar-refractivity contribution in [2.75, 3.05) is 5.32 Å². The zero-order chi connectivity index (χ0) is 15.8. The number of nitrogens with two attached hydrogens (primary N) is 1. The summed E-state index contributed by atoms with van der Waals surface area (Å²) in [7, 11) is -3.90. The molecule has 0 aliphatic heterocycles. The van der Waals surface area contributed by atoms with E-state index in [4.69, 9.17) is 5.14 Å². The van der Waals surface area contributed by atoms with Crippen molar-refractivity contribution in [1.82, 2.24) is 4.98 Å². The van der Waals surface area contributed by atoms with Gasteiger partial charge < -0.3 is 0 Å². The molecule has 3 N–H and O–H groups in total. The third-order valence-corrected chi connectivity index (χ3v) is 5.53. The topological polar surface area (TPSA) is 102 Å². The van der Waals surface area contributed by atoms with Crippen molar-refractivity contribution in [3.05, 3.63) is 39.7 Å². The number of hydrogen-bond acceptors (Lipinski definition) is 5. The van der Waals surface area contributed by atoms with Crippen LogP contribution >= 0.6 is 27.3 Å². The first-order chi connectivity index (χ1) is 9.68. The van der Waals surface area contributed by atoms with E-state index in [2.05, 4.69) is 26.2 Å². The molecule has 0 atom stereocenters. The molecule has 0 saturated heterocycles. The minimum Gasteiger partial charge on any atom is -0.298 e. The van der Waals surface area contributed by atoms with Gasteiger partial charge in [0.05, 0.1) is 11.3 Å². The molecule has 1 heterocycles. The van der Waals surface area contributed by atoms with Crippen molar-refractivity contribution in [2.45, 2.75) is 11.1 Å². The summed E-state index contributed by atoms with van der Waals surface area (Å²) in [5.41, 5.74) is -0.0121. The lowest BCUT2D eigenvalue weighted by atomic mass is 10.2. The van der Waals surface area contributed by atoms with Gasteiger partial charge in [0, 0.05) is 4.47 Å². The van der Waals surface area contributed by atoms with Crippen LogP contribution in [0.5, 0.6) is 0 Å². The number of nitrogens with one attached hydrogen (secondary N) is 1. The second-order valence-electron chi connectivity index (χ2n) is 4.02. The van der Waals surface area contributed by atoms with Crippen LogP contribution in [0.1, 0.15) is 16.1 Å². The third kappa shape index (κ3) is 3.64. The number of carbonyl (C=O) groups is 1. The van der Waals surface area contributed by atoms with Crippen LogP contribution in [-0.2, 0) is 10.0 Å². The molecule has 0 aliphatic carbocycles. The summed E-state index contributed by atoms with van der Waals surface area (Å²) in [6.45, 7) is 1.45. The Kier molecular flexibility index (Phi) is 4.42. The first-order valence-electron chi connectivity index (χ1n) is 5.45. The van der Waals surface area contributed by atoms with Crippen LogP contribution < -0.4 is 10.5 Å². The number of halogens is 2. The molecule has 10 heteroatoms. The Balaban J connectivity index is 2.30. The van der Waals surface area contributed by atoms with Crippen molar-refractivity contribution in [3.63, 3.8) is 0 Å². The molecule has 0 saturated carbocycles. The van der Waals surface area contributed by atoms with E-state index in [1.807, 2.05) is 0 Å². The highest BCUT2D eigenvalue weighted by atomic mass is 79.9. The maximum absolute atomic E-state index is 13.6. The molecule has 0 fully saturated rings. The van der Waals surface area contributed by atoms with Crippen molar-refractivity contribution >= 4 is 48.3 Å². The number of anilines is 1. The Bertz CT molecular complexity index is 820. The lowest BCUT2D eigenvalue weighted by molar-refractivity contribution is 0.102. The zero-order valence-corrected chi connectivity index (χ0v) is 13.8. The van der Waals surface area contributed by atoms with Gasteiger partial charge in [0.15, 0.2) is 9.34 Å². The number of primary sulfonamides is 1. The highest BCUT2D eigenvalue weighted by Crippen LogP contribution is 2.26. The summed E-state index contributed by atoms with van der Waals surface area (Å²) in [6.07, 6.45) is 0. The fraction of sp³-hybridized carbons (Fsp3) is 0.0909. The Hall–Kier alpha value is -1.36. The number of aromatic nitrogens is 1. The molecule has 1 aromatic carbocycles. The predicted octanol–water partition coefficient (Wildman–Crippen LogP) is 2.25. The normalized spacial score (nSPS) is 11.4. The van der Waals surface area contributed by atoms with Gasteiger partial charge in [0.1, 0.15) is 5.82 Å². The van der Waals surface area contributed by atoms with Crippen molar-refractivity contribution in [1.29, 1.82) is 0 Å².